The van der Waals surface area contributed by atoms with Crippen LogP contribution in [0.4, 0.5) is 79.0 Å². The quantitative estimate of drug-likeness (QED) is 0.0159. The fourth-order valence-corrected chi connectivity index (χ4v) is 13.1. The first-order valence-electron chi connectivity index (χ1n) is 33.5. The van der Waals surface area contributed by atoms with Crippen LogP contribution in [0, 0.1) is 33.5 Å². The number of ether oxygens (including phenoxy) is 2. The number of aliphatic hydroxyl groups is 1. The summed E-state index contributed by atoms with van der Waals surface area (Å²) in [6.45, 7) is -9.97. The maximum Gasteiger partial charge on any atom is 0.475 e. The standard InChI is InChI=1S/C58H91F18N8O21P3/c1-2-3-4-7-33-100-108(95,102-36-17-25-78)105-44(39-97-42-52(21-13-29-82-48(89)56(68,69)70,22-14-30-83-49(90)57(71,72)73)23-15-31-84-50(91)58(74,75)76)40-103-106(92,93)98-32-8-5-6-9-34-99-107(94,101-35-16-24-77)104-43(37-85)38-96-41-51(18-10-26-79-45(86)53(59,60)61,19-11-27-80-46(87)54(62,63)64)20-12-28-81-47(88)55(65,66)67/h43-44,85H,2-23,26-42H2,1H3,(H,79,86)(H,80,87)(H,81,88)(H,82,89)(H,83,90)(H,84,91)(H,92,93). The van der Waals surface area contributed by atoms with Crippen LogP contribution in [0.3, 0.4) is 0 Å². The van der Waals surface area contributed by atoms with E-state index in [0.29, 0.717) is 12.8 Å². The van der Waals surface area contributed by atoms with Gasteiger partial charge >= 0.3 is 96.0 Å². The summed E-state index contributed by atoms with van der Waals surface area (Å²) in [6.07, 6.45) is -38.0. The van der Waals surface area contributed by atoms with E-state index in [1.807, 2.05) is 6.92 Å². The number of rotatable bonds is 61. The van der Waals surface area contributed by atoms with Crippen LogP contribution in [0.2, 0.25) is 0 Å². The van der Waals surface area contributed by atoms with Gasteiger partial charge in [0, 0.05) is 39.3 Å². The molecule has 0 radical (unpaired) electrons. The third-order valence-electron chi connectivity index (χ3n) is 14.9. The summed E-state index contributed by atoms with van der Waals surface area (Å²) in [7, 11) is -14.9. The first-order chi connectivity index (χ1) is 50.1. The van der Waals surface area contributed by atoms with Crippen molar-refractivity contribution in [1.29, 1.82) is 10.5 Å². The van der Waals surface area contributed by atoms with E-state index in [1.165, 1.54) is 0 Å². The second kappa shape index (κ2) is 51.4. The van der Waals surface area contributed by atoms with Crippen LogP contribution >= 0.6 is 23.5 Å². The van der Waals surface area contributed by atoms with Gasteiger partial charge in [0.05, 0.1) is 97.7 Å². The van der Waals surface area contributed by atoms with Crippen molar-refractivity contribution in [3.63, 3.8) is 0 Å². The van der Waals surface area contributed by atoms with Crippen molar-refractivity contribution in [3.05, 3.63) is 0 Å². The number of alkyl halides is 18. The Kier molecular flexibility index (Phi) is 48.9. The second-order valence-electron chi connectivity index (χ2n) is 23.9. The zero-order chi connectivity index (χ0) is 82.4. The van der Waals surface area contributed by atoms with Gasteiger partial charge < -0.3 is 51.4 Å². The molecule has 108 heavy (non-hydrogen) atoms. The molecule has 0 bridgehead atoms. The molecular weight excluding hydrogens is 1580 g/mol. The summed E-state index contributed by atoms with van der Waals surface area (Å²) in [6, 6.07) is 3.42. The lowest BCUT2D eigenvalue weighted by Crippen LogP contribution is -2.40. The van der Waals surface area contributed by atoms with Gasteiger partial charge in [-0.2, -0.15) is 89.6 Å². The van der Waals surface area contributed by atoms with Gasteiger partial charge in [0.25, 0.3) is 0 Å². The summed E-state index contributed by atoms with van der Waals surface area (Å²) in [5, 5.41) is 38.1. The van der Waals surface area contributed by atoms with Crippen LogP contribution in [-0.2, 0) is 88.1 Å². The number of aliphatic hydroxyl groups excluding tert-OH is 1. The monoisotopic (exact) mass is 1670 g/mol. The van der Waals surface area contributed by atoms with Gasteiger partial charge in [0.1, 0.15) is 12.2 Å². The van der Waals surface area contributed by atoms with Gasteiger partial charge in [0.15, 0.2) is 0 Å². The highest BCUT2D eigenvalue weighted by molar-refractivity contribution is 7.48. The van der Waals surface area contributed by atoms with E-state index in [-0.39, 0.29) is 116 Å². The van der Waals surface area contributed by atoms with Crippen molar-refractivity contribution in [2.75, 3.05) is 112 Å². The number of nitrogens with one attached hydrogen (secondary N) is 6. The van der Waals surface area contributed by atoms with Crippen LogP contribution in [0.5, 0.6) is 0 Å². The zero-order valence-corrected chi connectivity index (χ0v) is 61.1. The highest BCUT2D eigenvalue weighted by Gasteiger charge is 2.44. The van der Waals surface area contributed by atoms with Gasteiger partial charge in [-0.25, -0.2) is 13.7 Å². The van der Waals surface area contributed by atoms with Crippen LogP contribution in [0.1, 0.15) is 148 Å². The molecule has 5 unspecified atom stereocenters. The van der Waals surface area contributed by atoms with E-state index in [4.69, 9.17) is 56.2 Å². The Labute approximate surface area is 609 Å². The molecule has 0 aromatic carbocycles. The number of hydrogen-bond acceptors (Lipinski definition) is 22. The lowest BCUT2D eigenvalue weighted by molar-refractivity contribution is -0.173. The highest BCUT2D eigenvalue weighted by atomic mass is 31.2. The summed E-state index contributed by atoms with van der Waals surface area (Å²) in [5.74, 6) is -14.2. The van der Waals surface area contributed by atoms with Gasteiger partial charge in [0.2, 0.25) is 0 Å². The number of amides is 6. The molecule has 50 heteroatoms. The van der Waals surface area contributed by atoms with Crippen LogP contribution in [-0.4, -0.2) is 207 Å². The highest BCUT2D eigenvalue weighted by Crippen LogP contribution is 2.53. The van der Waals surface area contributed by atoms with Gasteiger partial charge in [-0.05, 0) is 107 Å². The zero-order valence-electron chi connectivity index (χ0n) is 58.4. The van der Waals surface area contributed by atoms with E-state index < -0.39 is 237 Å². The summed E-state index contributed by atoms with van der Waals surface area (Å²) in [4.78, 5) is 80.2. The Morgan fingerprint density at radius 2 is 0.630 bits per heavy atom. The Bertz CT molecular complexity index is 2730. The topological polar surface area (TPSA) is 406 Å². The van der Waals surface area contributed by atoms with Crippen LogP contribution < -0.4 is 31.9 Å². The second-order valence-corrected chi connectivity index (χ2v) is 28.6. The largest absolute Gasteiger partial charge is 0.475 e. The van der Waals surface area contributed by atoms with E-state index in [1.54, 1.807) is 44.0 Å². The summed E-state index contributed by atoms with van der Waals surface area (Å²) >= 11 is 0. The molecule has 0 aliphatic rings. The van der Waals surface area contributed by atoms with Crippen molar-refractivity contribution in [1.82, 2.24) is 31.9 Å². The number of phosphoric acid groups is 3. The molecule has 0 saturated heterocycles. The minimum absolute atomic E-state index is 0.0172. The number of nitrogens with zero attached hydrogens (tertiary/aromatic N) is 2. The number of hydrogen-bond donors (Lipinski definition) is 8. The average molecular weight is 1670 g/mol. The molecule has 5 atom stereocenters. The third kappa shape index (κ3) is 48.5. The van der Waals surface area contributed by atoms with Crippen molar-refractivity contribution in [3.8, 4) is 12.1 Å². The molecule has 0 heterocycles. The van der Waals surface area contributed by atoms with E-state index >= 15 is 0 Å². The van der Waals surface area contributed by atoms with Gasteiger partial charge in [-0.3, -0.25) is 65.0 Å². The molecule has 29 nitrogen and oxygen atoms in total. The smallest absolute Gasteiger partial charge is 0.394 e. The SMILES string of the molecule is CCCCCCOP(=O)(OCCC#N)OC(COCC(CCCNC(=O)C(F)(F)F)(CCCNC(=O)C(F)(F)F)CCCNC(=O)C(F)(F)F)COP(=O)(O)OCCCCCCOP(=O)(OCCC#N)OC(CO)COCC(CCCNC(=O)C(F)(F)F)(CCCNC(=O)C(F)(F)F)CCCNC(=O)C(F)(F)F. The van der Waals surface area contributed by atoms with Crippen LogP contribution in [0.25, 0.3) is 0 Å². The molecule has 0 rings (SSSR count). The molecule has 6 amide bonds. The molecule has 630 valence electrons. The first kappa shape index (κ1) is 103. The van der Waals surface area contributed by atoms with Gasteiger partial charge in [-0.1, -0.05) is 39.0 Å². The van der Waals surface area contributed by atoms with Crippen molar-refractivity contribution in [2.24, 2.45) is 10.8 Å². The Morgan fingerprint density at radius 1 is 0.370 bits per heavy atom. The van der Waals surface area contributed by atoms with Crippen molar-refractivity contribution < 1.29 is 177 Å². The van der Waals surface area contributed by atoms with E-state index in [2.05, 4.69) is 0 Å². The van der Waals surface area contributed by atoms with E-state index in [0.717, 1.165) is 6.42 Å². The first-order valence-corrected chi connectivity index (χ1v) is 37.9. The maximum absolute atomic E-state index is 14.1. The Hall–Kier alpha value is -5.25. The summed E-state index contributed by atoms with van der Waals surface area (Å²) in [5.41, 5.74) is -3.01. The number of halogens is 18. The van der Waals surface area contributed by atoms with Crippen molar-refractivity contribution >= 4 is 58.9 Å². The normalized spacial score (nSPS) is 15.0. The fraction of sp³-hybridized carbons (Fsp3) is 0.862. The molecule has 8 N–H and O–H groups in total. The van der Waals surface area contributed by atoms with Crippen LogP contribution in [0.15, 0.2) is 0 Å². The molecule has 0 spiro atoms. The lowest BCUT2D eigenvalue weighted by atomic mass is 9.75. The molecule has 0 aliphatic carbocycles. The number of carbonyl (C=O) groups excluding carboxylic acids is 6. The molecule has 0 saturated carbocycles. The minimum atomic E-state index is -5.36. The Morgan fingerprint density at radius 3 is 0.898 bits per heavy atom. The predicted octanol–water partition coefficient (Wildman–Crippen LogP) is 10.9. The third-order valence-corrected chi connectivity index (χ3v) is 19.0. The lowest BCUT2D eigenvalue weighted by Gasteiger charge is -2.35. The maximum atomic E-state index is 14.1. The average Bonchev–Trinajstić information content (AvgIpc) is 0.854. The van der Waals surface area contributed by atoms with Crippen molar-refractivity contribution in [2.45, 2.75) is 197 Å². The number of nitriles is 2. The molecule has 0 aliphatic heterocycles. The summed E-state index contributed by atoms with van der Waals surface area (Å²) < 4.78 is 330. The Balaban J connectivity index is 6.66. The molecule has 0 fully saturated rings. The number of unbranched alkanes of at least 4 members (excludes halogenated alkanes) is 6. The van der Waals surface area contributed by atoms with E-state index in [9.17, 15) is 131 Å². The molecular formula is C58H91F18N8O21P3. The van der Waals surface area contributed by atoms with Gasteiger partial charge in [-0.15, -0.1) is 0 Å². The predicted molar refractivity (Wildman–Crippen MR) is 337 cm³/mol. The minimum Gasteiger partial charge on any atom is -0.394 e. The molecule has 0 aromatic heterocycles. The number of phosphoric ester groups is 3. The fourth-order valence-electron chi connectivity index (χ4n) is 9.62. The number of carbonyl (C=O) groups is 6. The molecule has 0 aromatic rings.